The number of hydrogen-bond donors (Lipinski definition) is 1. The van der Waals surface area contributed by atoms with Gasteiger partial charge in [0.25, 0.3) is 11.8 Å². The Bertz CT molecular complexity index is 1170. The molecule has 0 atom stereocenters. The zero-order valence-electron chi connectivity index (χ0n) is 17.8. The van der Waals surface area contributed by atoms with Gasteiger partial charge in [0.2, 0.25) is 0 Å². The maximum atomic E-state index is 13.4. The largest absolute Gasteiger partial charge is 0.495 e. The summed E-state index contributed by atoms with van der Waals surface area (Å²) in [4.78, 5) is 28.1. The molecule has 0 radical (unpaired) electrons. The first-order chi connectivity index (χ1) is 15.0. The summed E-state index contributed by atoms with van der Waals surface area (Å²) in [7, 11) is 1.58. The molecule has 0 fully saturated rings. The minimum atomic E-state index is -0.354. The lowest BCUT2D eigenvalue weighted by Gasteiger charge is -2.16. The zero-order valence-corrected chi connectivity index (χ0v) is 17.8. The molecule has 2 amide bonds. The highest BCUT2D eigenvalue weighted by Crippen LogP contribution is 2.34. The first-order valence-corrected chi connectivity index (χ1v) is 10.1. The molecule has 0 aliphatic carbocycles. The van der Waals surface area contributed by atoms with E-state index >= 15 is 0 Å². The maximum absolute atomic E-state index is 13.4. The third kappa shape index (κ3) is 4.08. The summed E-state index contributed by atoms with van der Waals surface area (Å²) in [5.74, 6) is -0.0667. The topological polar surface area (TPSA) is 58.6 Å². The van der Waals surface area contributed by atoms with Crippen LogP contribution in [0.2, 0.25) is 0 Å². The van der Waals surface area contributed by atoms with Crippen molar-refractivity contribution >= 4 is 23.1 Å². The summed E-state index contributed by atoms with van der Waals surface area (Å²) in [6.45, 7) is 4.16. The molecule has 0 bridgehead atoms. The Labute approximate surface area is 182 Å². The van der Waals surface area contributed by atoms with E-state index in [9.17, 15) is 9.59 Å². The van der Waals surface area contributed by atoms with E-state index in [0.717, 1.165) is 16.7 Å². The van der Waals surface area contributed by atoms with Crippen LogP contribution in [-0.2, 0) is 16.1 Å². The molecule has 0 unspecified atom stereocenters. The number of anilines is 1. The van der Waals surface area contributed by atoms with E-state index in [1.54, 1.807) is 7.11 Å². The smallest absolute Gasteiger partial charge is 0.278 e. The van der Waals surface area contributed by atoms with Crippen LogP contribution in [0.4, 0.5) is 5.69 Å². The second-order valence-corrected chi connectivity index (χ2v) is 7.63. The van der Waals surface area contributed by atoms with Gasteiger partial charge in [-0.1, -0.05) is 66.2 Å². The highest BCUT2D eigenvalue weighted by atomic mass is 16.5. The first kappa shape index (κ1) is 20.4. The Morgan fingerprint density at radius 3 is 2.19 bits per heavy atom. The number of carbonyl (C=O) groups excluding carboxylic acids is 2. The van der Waals surface area contributed by atoms with Crippen LogP contribution in [0.3, 0.4) is 0 Å². The molecule has 5 nitrogen and oxygen atoms in total. The van der Waals surface area contributed by atoms with E-state index in [2.05, 4.69) is 5.32 Å². The van der Waals surface area contributed by atoms with Crippen molar-refractivity contribution in [2.24, 2.45) is 0 Å². The average Bonchev–Trinajstić information content (AvgIpc) is 3.00. The molecular formula is C26H24N2O3. The lowest BCUT2D eigenvalue weighted by atomic mass is 10.0. The van der Waals surface area contributed by atoms with Crippen molar-refractivity contribution in [2.75, 3.05) is 12.4 Å². The van der Waals surface area contributed by atoms with Crippen molar-refractivity contribution in [3.8, 4) is 5.75 Å². The fourth-order valence-corrected chi connectivity index (χ4v) is 3.64. The van der Waals surface area contributed by atoms with Crippen LogP contribution in [0.25, 0.3) is 5.57 Å². The molecule has 156 valence electrons. The fourth-order valence-electron chi connectivity index (χ4n) is 3.64. The van der Waals surface area contributed by atoms with Crippen LogP contribution in [-0.4, -0.2) is 23.8 Å². The number of rotatable bonds is 6. The van der Waals surface area contributed by atoms with Gasteiger partial charge in [-0.25, -0.2) is 0 Å². The van der Waals surface area contributed by atoms with Crippen LogP contribution in [0.5, 0.6) is 5.75 Å². The van der Waals surface area contributed by atoms with E-state index in [-0.39, 0.29) is 24.1 Å². The lowest BCUT2D eigenvalue weighted by Crippen LogP contribution is -2.32. The number of hydrogen-bond acceptors (Lipinski definition) is 4. The Kier molecular flexibility index (Phi) is 5.58. The number of benzene rings is 3. The molecule has 3 aromatic carbocycles. The fraction of sp³-hybridized carbons (Fsp3) is 0.154. The summed E-state index contributed by atoms with van der Waals surface area (Å²) in [6, 6.07) is 22.8. The molecule has 1 aliphatic rings. The van der Waals surface area contributed by atoms with Crippen LogP contribution >= 0.6 is 0 Å². The number of imide groups is 1. The van der Waals surface area contributed by atoms with Crippen LogP contribution < -0.4 is 10.1 Å². The standard InChI is InChI=1S/C26H24N2O3/c1-17-9-12-20(13-10-17)23-24(27-21-15-18(2)11-14-22(21)31-3)26(30)28(25(23)29)16-19-7-5-4-6-8-19/h4-15,27H,16H2,1-3H3. The zero-order chi connectivity index (χ0) is 22.0. The molecule has 0 saturated heterocycles. The molecule has 1 N–H and O–H groups in total. The van der Waals surface area contributed by atoms with Gasteiger partial charge in [-0.3, -0.25) is 14.5 Å². The van der Waals surface area contributed by atoms with E-state index < -0.39 is 0 Å². The van der Waals surface area contributed by atoms with Gasteiger partial charge in [0.1, 0.15) is 11.4 Å². The minimum Gasteiger partial charge on any atom is -0.495 e. The number of ether oxygens (including phenoxy) is 1. The van der Waals surface area contributed by atoms with Crippen molar-refractivity contribution in [3.05, 3.63) is 101 Å². The molecule has 3 aromatic rings. The van der Waals surface area contributed by atoms with Crippen LogP contribution in [0, 0.1) is 13.8 Å². The van der Waals surface area contributed by atoms with Crippen molar-refractivity contribution < 1.29 is 14.3 Å². The molecule has 5 heteroatoms. The summed E-state index contributed by atoms with van der Waals surface area (Å²) in [5, 5.41) is 3.20. The van der Waals surface area contributed by atoms with Gasteiger partial charge in [-0.2, -0.15) is 0 Å². The number of nitrogens with one attached hydrogen (secondary N) is 1. The maximum Gasteiger partial charge on any atom is 0.278 e. The van der Waals surface area contributed by atoms with Gasteiger partial charge in [0, 0.05) is 0 Å². The number of nitrogens with zero attached hydrogens (tertiary/aromatic N) is 1. The monoisotopic (exact) mass is 412 g/mol. The molecule has 31 heavy (non-hydrogen) atoms. The number of amides is 2. The minimum absolute atomic E-state index is 0.212. The number of methoxy groups -OCH3 is 1. The Hall–Kier alpha value is -3.86. The molecule has 0 aromatic heterocycles. The van der Waals surface area contributed by atoms with E-state index in [0.29, 0.717) is 22.6 Å². The molecule has 1 aliphatic heterocycles. The van der Waals surface area contributed by atoms with Gasteiger partial charge in [-0.15, -0.1) is 0 Å². The predicted molar refractivity (Wildman–Crippen MR) is 121 cm³/mol. The van der Waals surface area contributed by atoms with E-state index in [1.807, 2.05) is 86.6 Å². The van der Waals surface area contributed by atoms with Crippen LogP contribution in [0.1, 0.15) is 22.3 Å². The predicted octanol–water partition coefficient (Wildman–Crippen LogP) is 4.70. The van der Waals surface area contributed by atoms with Gasteiger partial charge in [0.15, 0.2) is 0 Å². The second kappa shape index (κ2) is 8.48. The Morgan fingerprint density at radius 1 is 0.839 bits per heavy atom. The highest BCUT2D eigenvalue weighted by molar-refractivity contribution is 6.36. The third-order valence-corrected chi connectivity index (χ3v) is 5.31. The lowest BCUT2D eigenvalue weighted by molar-refractivity contribution is -0.137. The second-order valence-electron chi connectivity index (χ2n) is 7.63. The first-order valence-electron chi connectivity index (χ1n) is 10.1. The number of carbonyl (C=O) groups is 2. The highest BCUT2D eigenvalue weighted by Gasteiger charge is 2.39. The van der Waals surface area contributed by atoms with Crippen LogP contribution in [0.15, 0.2) is 78.5 Å². The summed E-state index contributed by atoms with van der Waals surface area (Å²) >= 11 is 0. The normalized spacial score (nSPS) is 13.7. The van der Waals surface area contributed by atoms with Gasteiger partial charge < -0.3 is 10.1 Å². The quantitative estimate of drug-likeness (QED) is 0.596. The van der Waals surface area contributed by atoms with E-state index in [1.165, 1.54) is 4.90 Å². The number of aryl methyl sites for hydroxylation is 2. The SMILES string of the molecule is COc1ccc(C)cc1NC1=C(c2ccc(C)cc2)C(=O)N(Cc2ccccc2)C1=O. The summed E-state index contributed by atoms with van der Waals surface area (Å²) in [5.41, 5.74) is 4.95. The summed E-state index contributed by atoms with van der Waals surface area (Å²) < 4.78 is 5.46. The molecular weight excluding hydrogens is 388 g/mol. The average molecular weight is 412 g/mol. The Morgan fingerprint density at radius 2 is 1.52 bits per heavy atom. The van der Waals surface area contributed by atoms with Crippen molar-refractivity contribution in [1.82, 2.24) is 4.90 Å². The molecule has 0 spiro atoms. The van der Waals surface area contributed by atoms with Gasteiger partial charge >= 0.3 is 0 Å². The molecule has 1 heterocycles. The van der Waals surface area contributed by atoms with Gasteiger partial charge in [-0.05, 0) is 42.7 Å². The van der Waals surface area contributed by atoms with Crippen molar-refractivity contribution in [1.29, 1.82) is 0 Å². The van der Waals surface area contributed by atoms with E-state index in [4.69, 9.17) is 4.74 Å². The van der Waals surface area contributed by atoms with Crippen molar-refractivity contribution in [3.63, 3.8) is 0 Å². The Balaban J connectivity index is 1.78. The molecule has 0 saturated carbocycles. The van der Waals surface area contributed by atoms with Crippen molar-refractivity contribution in [2.45, 2.75) is 20.4 Å². The molecule has 4 rings (SSSR count). The third-order valence-electron chi connectivity index (χ3n) is 5.31. The summed E-state index contributed by atoms with van der Waals surface area (Å²) in [6.07, 6.45) is 0. The van der Waals surface area contributed by atoms with Gasteiger partial charge in [0.05, 0.1) is 24.9 Å².